The maximum atomic E-state index is 11.4. The van der Waals surface area contributed by atoms with E-state index in [1.54, 1.807) is 6.20 Å². The van der Waals surface area contributed by atoms with Crippen molar-refractivity contribution in [3.8, 4) is 0 Å². The molecule has 2 N–H and O–H groups in total. The van der Waals surface area contributed by atoms with Gasteiger partial charge in [-0.3, -0.25) is 15.1 Å². The number of halogens is 2. The van der Waals surface area contributed by atoms with Crippen LogP contribution in [0.3, 0.4) is 0 Å². The Labute approximate surface area is 136 Å². The minimum absolute atomic E-state index is 0.180. The van der Waals surface area contributed by atoms with Crippen LogP contribution in [0.4, 0.5) is 0 Å². The Morgan fingerprint density at radius 3 is 2.57 bits per heavy atom. The van der Waals surface area contributed by atoms with Gasteiger partial charge in [0.25, 0.3) is 0 Å². The van der Waals surface area contributed by atoms with Gasteiger partial charge < -0.3 is 5.11 Å². The maximum Gasteiger partial charge on any atom is 0.321 e. The van der Waals surface area contributed by atoms with E-state index in [4.69, 9.17) is 23.2 Å². The van der Waals surface area contributed by atoms with Gasteiger partial charge in [0.1, 0.15) is 11.0 Å². The summed E-state index contributed by atoms with van der Waals surface area (Å²) in [5.74, 6) is -0.966. The van der Waals surface area contributed by atoms with E-state index in [0.29, 0.717) is 22.2 Å². The molecular weight excluding hydrogens is 333 g/mol. The van der Waals surface area contributed by atoms with Crippen LogP contribution in [-0.4, -0.2) is 27.1 Å². The van der Waals surface area contributed by atoms with E-state index < -0.39 is 12.0 Å². The number of nitrogens with one attached hydrogen (secondary N) is 1. The van der Waals surface area contributed by atoms with Crippen molar-refractivity contribution in [2.45, 2.75) is 25.9 Å². The number of carboxylic acids is 1. The summed E-state index contributed by atoms with van der Waals surface area (Å²) in [6.07, 6.45) is 4.84. The first kappa shape index (κ1) is 16.2. The average molecular weight is 346 g/mol. The topological polar surface area (TPSA) is 75.1 Å². The second kappa shape index (κ2) is 7.17. The highest BCUT2D eigenvalue weighted by Gasteiger charge is 2.21. The number of hydrogen-bond donors (Lipinski definition) is 2. The molecule has 8 heteroatoms. The minimum atomic E-state index is -0.966. The SMILES string of the molecule is Cc1cnc(CNC(Cc2c(Cl)cncc2Cl)C(=O)O)s1. The van der Waals surface area contributed by atoms with E-state index in [1.807, 2.05) is 6.92 Å². The number of aryl methyl sites for hydroxylation is 1. The molecule has 0 amide bonds. The predicted octanol–water partition coefficient (Wildman–Crippen LogP) is 2.94. The number of nitrogens with zero attached hydrogens (tertiary/aromatic N) is 2. The van der Waals surface area contributed by atoms with E-state index in [1.165, 1.54) is 23.7 Å². The number of thiazole rings is 1. The minimum Gasteiger partial charge on any atom is -0.480 e. The van der Waals surface area contributed by atoms with Crippen molar-refractivity contribution in [2.24, 2.45) is 0 Å². The van der Waals surface area contributed by atoms with Crippen molar-refractivity contribution in [3.63, 3.8) is 0 Å². The Kier molecular flexibility index (Phi) is 5.52. The van der Waals surface area contributed by atoms with Gasteiger partial charge in [0.2, 0.25) is 0 Å². The third-order valence-corrected chi connectivity index (χ3v) is 4.39. The lowest BCUT2D eigenvalue weighted by Gasteiger charge is -2.15. The highest BCUT2D eigenvalue weighted by atomic mass is 35.5. The molecule has 0 saturated carbocycles. The van der Waals surface area contributed by atoms with E-state index in [9.17, 15) is 9.90 Å². The van der Waals surface area contributed by atoms with E-state index in [2.05, 4.69) is 15.3 Å². The van der Waals surface area contributed by atoms with Crippen LogP contribution >= 0.6 is 34.5 Å². The summed E-state index contributed by atoms with van der Waals surface area (Å²) in [4.78, 5) is 20.5. The molecule has 0 fully saturated rings. The quantitative estimate of drug-likeness (QED) is 0.841. The summed E-state index contributed by atoms with van der Waals surface area (Å²) in [6, 6.07) is -0.799. The monoisotopic (exact) mass is 345 g/mol. The molecule has 0 radical (unpaired) electrons. The molecule has 1 unspecified atom stereocenters. The normalized spacial score (nSPS) is 12.3. The van der Waals surface area contributed by atoms with Gasteiger partial charge in [0.15, 0.2) is 0 Å². The van der Waals surface area contributed by atoms with E-state index in [-0.39, 0.29) is 6.42 Å². The van der Waals surface area contributed by atoms with Crippen LogP contribution in [0.15, 0.2) is 18.6 Å². The maximum absolute atomic E-state index is 11.4. The number of rotatable bonds is 6. The molecule has 1 atom stereocenters. The number of hydrogen-bond acceptors (Lipinski definition) is 5. The zero-order valence-corrected chi connectivity index (χ0v) is 13.5. The molecule has 21 heavy (non-hydrogen) atoms. The van der Waals surface area contributed by atoms with Crippen molar-refractivity contribution in [3.05, 3.63) is 44.1 Å². The first-order valence-corrected chi connectivity index (χ1v) is 7.70. The lowest BCUT2D eigenvalue weighted by atomic mass is 10.1. The van der Waals surface area contributed by atoms with Crippen LogP contribution in [0.2, 0.25) is 10.0 Å². The fourth-order valence-electron chi connectivity index (χ4n) is 1.78. The smallest absolute Gasteiger partial charge is 0.321 e. The van der Waals surface area contributed by atoms with Gasteiger partial charge in [-0.2, -0.15) is 0 Å². The Morgan fingerprint density at radius 2 is 2.05 bits per heavy atom. The fraction of sp³-hybridized carbons (Fsp3) is 0.308. The van der Waals surface area contributed by atoms with Gasteiger partial charge >= 0.3 is 5.97 Å². The molecule has 0 spiro atoms. The third kappa shape index (κ3) is 4.38. The van der Waals surface area contributed by atoms with E-state index >= 15 is 0 Å². The number of carbonyl (C=O) groups is 1. The van der Waals surface area contributed by atoms with Gasteiger partial charge in [-0.25, -0.2) is 4.98 Å². The largest absolute Gasteiger partial charge is 0.480 e. The number of aromatic nitrogens is 2. The van der Waals surface area contributed by atoms with Crippen LogP contribution in [0.25, 0.3) is 0 Å². The Balaban J connectivity index is 2.07. The molecule has 2 heterocycles. The molecule has 0 aromatic carbocycles. The first-order chi connectivity index (χ1) is 9.97. The molecule has 0 saturated heterocycles. The van der Waals surface area contributed by atoms with Gasteiger partial charge in [0, 0.05) is 36.4 Å². The summed E-state index contributed by atoms with van der Waals surface area (Å²) >= 11 is 13.6. The standard InChI is InChI=1S/C13H13Cl2N3O2S/c1-7-3-18-12(21-7)6-17-11(13(19)20)2-8-9(14)4-16-5-10(8)15/h3-5,11,17H,2,6H2,1H3,(H,19,20). The van der Waals surface area contributed by atoms with Gasteiger partial charge in [-0.1, -0.05) is 23.2 Å². The lowest BCUT2D eigenvalue weighted by molar-refractivity contribution is -0.139. The third-order valence-electron chi connectivity index (χ3n) is 2.83. The number of aliphatic carboxylic acids is 1. The summed E-state index contributed by atoms with van der Waals surface area (Å²) in [7, 11) is 0. The van der Waals surface area contributed by atoms with Crippen LogP contribution in [0.5, 0.6) is 0 Å². The fourth-order valence-corrected chi connectivity index (χ4v) is 3.03. The lowest BCUT2D eigenvalue weighted by Crippen LogP contribution is -2.38. The second-order valence-corrected chi connectivity index (χ2v) is 6.56. The molecule has 112 valence electrons. The van der Waals surface area contributed by atoms with Crippen molar-refractivity contribution in [2.75, 3.05) is 0 Å². The highest BCUT2D eigenvalue weighted by molar-refractivity contribution is 7.11. The highest BCUT2D eigenvalue weighted by Crippen LogP contribution is 2.24. The Bertz CT molecular complexity index is 628. The molecule has 0 aliphatic rings. The van der Waals surface area contributed by atoms with Crippen molar-refractivity contribution < 1.29 is 9.90 Å². The number of carboxylic acid groups (broad SMARTS) is 1. The van der Waals surface area contributed by atoms with Crippen LogP contribution in [0.1, 0.15) is 15.4 Å². The van der Waals surface area contributed by atoms with E-state index in [0.717, 1.165) is 9.88 Å². The average Bonchev–Trinajstić information content (AvgIpc) is 2.83. The molecule has 5 nitrogen and oxygen atoms in total. The summed E-state index contributed by atoms with van der Waals surface area (Å²) in [5, 5.41) is 13.8. The molecule has 2 aromatic rings. The summed E-state index contributed by atoms with van der Waals surface area (Å²) < 4.78 is 0. The second-order valence-electron chi connectivity index (χ2n) is 4.42. The zero-order chi connectivity index (χ0) is 15.4. The van der Waals surface area contributed by atoms with Gasteiger partial charge in [0.05, 0.1) is 10.0 Å². The molecular formula is C13H13Cl2N3O2S. The summed E-state index contributed by atoms with van der Waals surface area (Å²) in [6.45, 7) is 2.34. The van der Waals surface area contributed by atoms with Crippen molar-refractivity contribution in [1.82, 2.24) is 15.3 Å². The molecule has 0 bridgehead atoms. The Hall–Kier alpha value is -1.21. The Morgan fingerprint density at radius 1 is 1.38 bits per heavy atom. The van der Waals surface area contributed by atoms with Crippen LogP contribution in [0, 0.1) is 6.92 Å². The zero-order valence-electron chi connectivity index (χ0n) is 11.1. The van der Waals surface area contributed by atoms with Crippen molar-refractivity contribution in [1.29, 1.82) is 0 Å². The van der Waals surface area contributed by atoms with Gasteiger partial charge in [-0.15, -0.1) is 11.3 Å². The van der Waals surface area contributed by atoms with Gasteiger partial charge in [-0.05, 0) is 12.5 Å². The molecule has 2 aromatic heterocycles. The van der Waals surface area contributed by atoms with Crippen LogP contribution < -0.4 is 5.32 Å². The number of pyridine rings is 1. The summed E-state index contributed by atoms with van der Waals surface area (Å²) in [5.41, 5.74) is 0.573. The van der Waals surface area contributed by atoms with Crippen LogP contribution in [-0.2, 0) is 17.8 Å². The molecule has 2 rings (SSSR count). The van der Waals surface area contributed by atoms with Crippen molar-refractivity contribution >= 4 is 40.5 Å². The molecule has 0 aliphatic carbocycles. The first-order valence-electron chi connectivity index (χ1n) is 6.12. The molecule has 0 aliphatic heterocycles. The predicted molar refractivity (Wildman–Crippen MR) is 83.1 cm³/mol.